The Balaban J connectivity index is 2.14. The molecule has 8 heteroatoms. The molecule has 190 valence electrons. The second-order valence-electron chi connectivity index (χ2n) is 8.54. The molecule has 0 radical (unpaired) electrons. The topological polar surface area (TPSA) is 48.0 Å². The number of carbonyl (C=O) groups is 1. The van der Waals surface area contributed by atoms with Gasteiger partial charge in [-0.3, -0.25) is 4.90 Å². The lowest BCUT2D eigenvalue weighted by atomic mass is 9.91. The van der Waals surface area contributed by atoms with Gasteiger partial charge >= 0.3 is 12.3 Å². The maximum absolute atomic E-state index is 13.5. The molecule has 0 amide bonds. The van der Waals surface area contributed by atoms with Gasteiger partial charge in [0.1, 0.15) is 22.8 Å². The van der Waals surface area contributed by atoms with E-state index in [0.29, 0.717) is 25.1 Å². The van der Waals surface area contributed by atoms with Crippen LogP contribution in [0, 0.1) is 6.92 Å². The van der Waals surface area contributed by atoms with Crippen molar-refractivity contribution in [1.29, 1.82) is 0 Å². The number of halogens is 3. The number of piperidine rings is 1. The first-order valence-electron chi connectivity index (χ1n) is 11.9. The van der Waals surface area contributed by atoms with Crippen LogP contribution in [0.4, 0.5) is 13.2 Å². The van der Waals surface area contributed by atoms with Crippen molar-refractivity contribution in [2.75, 3.05) is 19.7 Å². The van der Waals surface area contributed by atoms with Gasteiger partial charge in [-0.2, -0.15) is 0 Å². The van der Waals surface area contributed by atoms with E-state index in [1.807, 2.05) is 6.92 Å². The highest BCUT2D eigenvalue weighted by molar-refractivity contribution is 5.96. The molecule has 1 aliphatic rings. The molecule has 5 nitrogen and oxygen atoms in total. The Kier molecular flexibility index (Phi) is 9.20. The van der Waals surface area contributed by atoms with Crippen LogP contribution in [0.25, 0.3) is 0 Å². The summed E-state index contributed by atoms with van der Waals surface area (Å²) in [4.78, 5) is 15.3. The summed E-state index contributed by atoms with van der Waals surface area (Å²) in [6.07, 6.45) is 0.869. The summed E-state index contributed by atoms with van der Waals surface area (Å²) in [5.41, 5.74) is 0.319. The van der Waals surface area contributed by atoms with E-state index in [9.17, 15) is 18.0 Å². The van der Waals surface area contributed by atoms with Crippen LogP contribution >= 0.6 is 0 Å². The first-order valence-corrected chi connectivity index (χ1v) is 11.9. The Labute approximate surface area is 204 Å². The molecule has 1 aliphatic heterocycles. The highest BCUT2D eigenvalue weighted by Gasteiger charge is 2.38. The van der Waals surface area contributed by atoms with E-state index in [1.54, 1.807) is 36.4 Å². The molecule has 2 aromatic carbocycles. The number of alkyl halides is 3. The lowest BCUT2D eigenvalue weighted by Gasteiger charge is -2.36. The van der Waals surface area contributed by atoms with Crippen molar-refractivity contribution in [1.82, 2.24) is 4.90 Å². The van der Waals surface area contributed by atoms with Crippen LogP contribution in [0.1, 0.15) is 66.6 Å². The second-order valence-corrected chi connectivity index (χ2v) is 8.54. The third-order valence-electron chi connectivity index (χ3n) is 5.98. The van der Waals surface area contributed by atoms with Gasteiger partial charge in [0.25, 0.3) is 0 Å². The number of nitrogens with zero attached hydrogens (tertiary/aromatic N) is 1. The first-order chi connectivity index (χ1) is 16.7. The number of unbranched alkanes of at least 4 members (excludes halogenated alkanes) is 1. The smallest absolute Gasteiger partial charge is 0.493 e. The summed E-state index contributed by atoms with van der Waals surface area (Å²) in [7, 11) is 0. The fourth-order valence-corrected chi connectivity index (χ4v) is 4.36. The predicted octanol–water partition coefficient (Wildman–Crippen LogP) is 7.00. The van der Waals surface area contributed by atoms with Crippen molar-refractivity contribution in [3.05, 3.63) is 65.7 Å². The zero-order valence-electron chi connectivity index (χ0n) is 20.2. The van der Waals surface area contributed by atoms with Gasteiger partial charge < -0.3 is 14.2 Å². The molecule has 0 spiro atoms. The lowest BCUT2D eigenvalue weighted by molar-refractivity contribution is -0.275. The van der Waals surface area contributed by atoms with Crippen LogP contribution in [0.5, 0.6) is 17.2 Å². The molecule has 2 aromatic rings. The lowest BCUT2D eigenvalue weighted by Crippen LogP contribution is -2.34. The Morgan fingerprint density at radius 2 is 1.97 bits per heavy atom. The van der Waals surface area contributed by atoms with Gasteiger partial charge in [-0.05, 0) is 50.9 Å². The van der Waals surface area contributed by atoms with Crippen molar-refractivity contribution >= 4 is 5.97 Å². The van der Waals surface area contributed by atoms with Gasteiger partial charge in [-0.1, -0.05) is 44.0 Å². The molecule has 1 saturated heterocycles. The quantitative estimate of drug-likeness (QED) is 0.155. The number of hydrogen-bond acceptors (Lipinski definition) is 5. The van der Waals surface area contributed by atoms with Crippen LogP contribution in [-0.2, 0) is 0 Å². The molecular formula is C27H32F3NO4. The third-order valence-corrected chi connectivity index (χ3v) is 5.98. The van der Waals surface area contributed by atoms with Gasteiger partial charge in [0.15, 0.2) is 0 Å². The molecule has 1 heterocycles. The van der Waals surface area contributed by atoms with Gasteiger partial charge in [0.2, 0.25) is 0 Å². The van der Waals surface area contributed by atoms with Crippen molar-refractivity contribution in [3.8, 4) is 17.2 Å². The minimum absolute atomic E-state index is 0.0383. The monoisotopic (exact) mass is 491 g/mol. The van der Waals surface area contributed by atoms with Crippen LogP contribution in [0.2, 0.25) is 0 Å². The van der Waals surface area contributed by atoms with E-state index in [2.05, 4.69) is 16.2 Å². The van der Waals surface area contributed by atoms with Crippen LogP contribution in [-0.4, -0.2) is 36.9 Å². The summed E-state index contributed by atoms with van der Waals surface area (Å²) in [6, 6.07) is 9.57. The third kappa shape index (κ3) is 7.01. The molecule has 0 aromatic heterocycles. The summed E-state index contributed by atoms with van der Waals surface area (Å²) in [5.74, 6) is -0.694. The van der Waals surface area contributed by atoms with Gasteiger partial charge in [0, 0.05) is 23.7 Å². The van der Waals surface area contributed by atoms with Crippen molar-refractivity contribution in [2.24, 2.45) is 0 Å². The largest absolute Gasteiger partial charge is 0.573 e. The summed E-state index contributed by atoms with van der Waals surface area (Å²) in [5, 5.41) is 0. The van der Waals surface area contributed by atoms with E-state index in [1.165, 1.54) is 13.0 Å². The zero-order valence-corrected chi connectivity index (χ0v) is 20.2. The molecule has 1 fully saturated rings. The van der Waals surface area contributed by atoms with Crippen LogP contribution in [0.3, 0.4) is 0 Å². The summed E-state index contributed by atoms with van der Waals surface area (Å²) in [6.45, 7) is 8.81. The highest BCUT2D eigenvalue weighted by atomic mass is 19.4. The summed E-state index contributed by atoms with van der Waals surface area (Å²) < 4.78 is 56.6. The van der Waals surface area contributed by atoms with E-state index in [-0.39, 0.29) is 34.4 Å². The van der Waals surface area contributed by atoms with Gasteiger partial charge in [-0.15, -0.1) is 19.8 Å². The highest BCUT2D eigenvalue weighted by Crippen LogP contribution is 2.44. The first kappa shape index (κ1) is 26.6. The molecule has 1 atom stereocenters. The number of ether oxygens (including phenoxy) is 3. The number of carbonyl (C=O) groups excluding carboxylic acids is 1. The average molecular weight is 492 g/mol. The zero-order chi connectivity index (χ0) is 25.4. The molecule has 0 bridgehead atoms. The number of para-hydroxylation sites is 1. The van der Waals surface area contributed by atoms with Gasteiger partial charge in [-0.25, -0.2) is 4.79 Å². The second kappa shape index (κ2) is 12.1. The fraction of sp³-hybridized carbons (Fsp3) is 0.444. The number of rotatable bonds is 10. The molecule has 0 saturated carbocycles. The van der Waals surface area contributed by atoms with E-state index >= 15 is 0 Å². The van der Waals surface area contributed by atoms with Crippen LogP contribution < -0.4 is 14.2 Å². The van der Waals surface area contributed by atoms with Gasteiger partial charge in [0.05, 0.1) is 6.61 Å². The Morgan fingerprint density at radius 1 is 1.23 bits per heavy atom. The minimum Gasteiger partial charge on any atom is -0.493 e. The standard InChI is InChI=1S/C27H32F3NO4/c1-4-6-17-33-23-18-21(22-14-10-11-16-31(22)15-5-2)25(35-27(28,29)30)19(3)24(23)26(32)34-20-12-8-7-9-13-20/h5,7-9,12-13,18,22H,2,4,6,10-11,14-17H2,1,3H3. The van der Waals surface area contributed by atoms with Crippen LogP contribution in [0.15, 0.2) is 49.1 Å². The Hall–Kier alpha value is -3.00. The van der Waals surface area contributed by atoms with E-state index in [4.69, 9.17) is 9.47 Å². The van der Waals surface area contributed by atoms with Crippen molar-refractivity contribution < 1.29 is 32.2 Å². The number of likely N-dealkylation sites (tertiary alicyclic amines) is 1. The van der Waals surface area contributed by atoms with E-state index in [0.717, 1.165) is 32.2 Å². The Bertz CT molecular complexity index is 1010. The molecule has 35 heavy (non-hydrogen) atoms. The Morgan fingerprint density at radius 3 is 2.63 bits per heavy atom. The van der Waals surface area contributed by atoms with E-state index < -0.39 is 12.3 Å². The number of esters is 1. The molecular weight excluding hydrogens is 459 g/mol. The molecule has 1 unspecified atom stereocenters. The minimum atomic E-state index is -4.93. The number of benzene rings is 2. The van der Waals surface area contributed by atoms with Crippen molar-refractivity contribution in [3.63, 3.8) is 0 Å². The summed E-state index contributed by atoms with van der Waals surface area (Å²) >= 11 is 0. The SMILES string of the molecule is C=CCN1CCCCC1c1cc(OCCCC)c(C(=O)Oc2ccccc2)c(C)c1OC(F)(F)F. The maximum atomic E-state index is 13.5. The molecule has 0 N–H and O–H groups in total. The molecule has 0 aliphatic carbocycles. The average Bonchev–Trinajstić information content (AvgIpc) is 2.81. The fourth-order valence-electron chi connectivity index (χ4n) is 4.36. The maximum Gasteiger partial charge on any atom is 0.573 e. The number of hydrogen-bond donors (Lipinski definition) is 0. The predicted molar refractivity (Wildman–Crippen MR) is 128 cm³/mol. The molecule has 3 rings (SSSR count). The van der Waals surface area contributed by atoms with Crippen molar-refractivity contribution in [2.45, 2.75) is 58.4 Å². The normalized spacial score (nSPS) is 16.5.